The zero-order valence-electron chi connectivity index (χ0n) is 10.0. The molecule has 3 heteroatoms. The predicted molar refractivity (Wildman–Crippen MR) is 70.5 cm³/mol. The van der Waals surface area contributed by atoms with Crippen LogP contribution in [0, 0.1) is 5.41 Å². The number of nitrogens with zero attached hydrogens (tertiary/aromatic N) is 1. The summed E-state index contributed by atoms with van der Waals surface area (Å²) in [6.45, 7) is 2.39. The van der Waals surface area contributed by atoms with Crippen molar-refractivity contribution in [1.82, 2.24) is 10.2 Å². The van der Waals surface area contributed by atoms with E-state index in [0.29, 0.717) is 11.5 Å². The fourth-order valence-electron chi connectivity index (χ4n) is 3.30. The Bertz CT molecular complexity index is 270. The van der Waals surface area contributed by atoms with Crippen molar-refractivity contribution in [3.05, 3.63) is 0 Å². The smallest absolute Gasteiger partial charge is 0.169 e. The van der Waals surface area contributed by atoms with Crippen LogP contribution in [0.1, 0.15) is 51.4 Å². The van der Waals surface area contributed by atoms with Crippen LogP contribution in [-0.4, -0.2) is 29.1 Å². The summed E-state index contributed by atoms with van der Waals surface area (Å²) >= 11 is 5.47. The van der Waals surface area contributed by atoms with Crippen LogP contribution in [0.15, 0.2) is 0 Å². The minimum absolute atomic E-state index is 0.704. The lowest BCUT2D eigenvalue weighted by molar-refractivity contribution is 0.153. The lowest BCUT2D eigenvalue weighted by Crippen LogP contribution is -2.47. The molecule has 16 heavy (non-hydrogen) atoms. The second-order valence-corrected chi connectivity index (χ2v) is 6.30. The van der Waals surface area contributed by atoms with Crippen LogP contribution in [0.5, 0.6) is 0 Å². The fourth-order valence-corrected chi connectivity index (χ4v) is 3.65. The highest BCUT2D eigenvalue weighted by molar-refractivity contribution is 7.80. The second kappa shape index (κ2) is 4.17. The third-order valence-corrected chi connectivity index (χ3v) is 5.06. The van der Waals surface area contributed by atoms with Crippen molar-refractivity contribution in [3.8, 4) is 0 Å². The zero-order chi connectivity index (χ0) is 11.0. The molecule has 3 aliphatic rings. The van der Waals surface area contributed by atoms with Crippen LogP contribution in [-0.2, 0) is 0 Å². The second-order valence-electron chi connectivity index (χ2n) is 5.92. The summed E-state index contributed by atoms with van der Waals surface area (Å²) in [5.74, 6) is 0. The molecule has 0 radical (unpaired) electrons. The molecule has 0 bridgehead atoms. The Morgan fingerprint density at radius 2 is 1.69 bits per heavy atom. The first-order valence-electron chi connectivity index (χ1n) is 6.83. The van der Waals surface area contributed by atoms with Gasteiger partial charge >= 0.3 is 0 Å². The first-order valence-corrected chi connectivity index (χ1v) is 7.24. The van der Waals surface area contributed by atoms with Gasteiger partial charge in [-0.25, -0.2) is 0 Å². The molecule has 0 amide bonds. The SMILES string of the molecule is S=C(NC1CC1)N1CCC2(CCCC2)CC1. The van der Waals surface area contributed by atoms with Gasteiger partial charge in [0.25, 0.3) is 0 Å². The molecule has 90 valence electrons. The standard InChI is InChI=1S/C13H22N2S/c16-12(14-11-3-4-11)15-9-7-13(8-10-15)5-1-2-6-13/h11H,1-10H2,(H,14,16). The van der Waals surface area contributed by atoms with Gasteiger partial charge in [-0.2, -0.15) is 0 Å². The maximum absolute atomic E-state index is 5.47. The number of hydrogen-bond donors (Lipinski definition) is 1. The van der Waals surface area contributed by atoms with E-state index in [9.17, 15) is 0 Å². The highest BCUT2D eigenvalue weighted by Crippen LogP contribution is 2.46. The van der Waals surface area contributed by atoms with Gasteiger partial charge in [-0.1, -0.05) is 12.8 Å². The number of hydrogen-bond acceptors (Lipinski definition) is 1. The summed E-state index contributed by atoms with van der Waals surface area (Å²) in [7, 11) is 0. The molecular formula is C13H22N2S. The maximum Gasteiger partial charge on any atom is 0.169 e. The monoisotopic (exact) mass is 238 g/mol. The first-order chi connectivity index (χ1) is 7.77. The van der Waals surface area contributed by atoms with Crippen molar-refractivity contribution in [3.63, 3.8) is 0 Å². The predicted octanol–water partition coefficient (Wildman–Crippen LogP) is 2.68. The van der Waals surface area contributed by atoms with Crippen LogP contribution in [0.2, 0.25) is 0 Å². The minimum Gasteiger partial charge on any atom is -0.360 e. The number of thiocarbonyl (C=S) groups is 1. The lowest BCUT2D eigenvalue weighted by Gasteiger charge is -2.40. The van der Waals surface area contributed by atoms with Crippen LogP contribution >= 0.6 is 12.2 Å². The van der Waals surface area contributed by atoms with E-state index >= 15 is 0 Å². The summed E-state index contributed by atoms with van der Waals surface area (Å²) in [5.41, 5.74) is 0.714. The van der Waals surface area contributed by atoms with Gasteiger partial charge in [0.15, 0.2) is 5.11 Å². The fraction of sp³-hybridized carbons (Fsp3) is 0.923. The van der Waals surface area contributed by atoms with Crippen molar-refractivity contribution in [2.24, 2.45) is 5.41 Å². The Morgan fingerprint density at radius 3 is 2.25 bits per heavy atom. The number of likely N-dealkylation sites (tertiary alicyclic amines) is 1. The van der Waals surface area contributed by atoms with Gasteiger partial charge in [0.2, 0.25) is 0 Å². The van der Waals surface area contributed by atoms with Gasteiger partial charge < -0.3 is 10.2 Å². The maximum atomic E-state index is 5.47. The van der Waals surface area contributed by atoms with E-state index in [1.807, 2.05) is 0 Å². The van der Waals surface area contributed by atoms with Gasteiger partial charge in [0, 0.05) is 19.1 Å². The van der Waals surface area contributed by atoms with E-state index in [1.54, 1.807) is 0 Å². The van der Waals surface area contributed by atoms with Crippen LogP contribution in [0.3, 0.4) is 0 Å². The number of piperidine rings is 1. The van der Waals surface area contributed by atoms with Gasteiger partial charge in [0.05, 0.1) is 0 Å². The number of nitrogens with one attached hydrogen (secondary N) is 1. The van der Waals surface area contributed by atoms with E-state index in [2.05, 4.69) is 10.2 Å². The lowest BCUT2D eigenvalue weighted by atomic mass is 9.77. The van der Waals surface area contributed by atoms with Crippen molar-refractivity contribution < 1.29 is 0 Å². The Hall–Kier alpha value is -0.310. The molecule has 0 atom stereocenters. The molecule has 2 aliphatic carbocycles. The van der Waals surface area contributed by atoms with Crippen molar-refractivity contribution >= 4 is 17.3 Å². The summed E-state index contributed by atoms with van der Waals surface area (Å²) in [6, 6.07) is 0.704. The molecule has 3 rings (SSSR count). The van der Waals surface area contributed by atoms with Gasteiger partial charge in [-0.15, -0.1) is 0 Å². The zero-order valence-corrected chi connectivity index (χ0v) is 10.8. The van der Waals surface area contributed by atoms with E-state index < -0.39 is 0 Å². The van der Waals surface area contributed by atoms with Gasteiger partial charge in [-0.05, 0) is 56.2 Å². The largest absolute Gasteiger partial charge is 0.360 e. The van der Waals surface area contributed by atoms with E-state index in [0.717, 1.165) is 5.11 Å². The first kappa shape index (κ1) is 10.8. The summed E-state index contributed by atoms with van der Waals surface area (Å²) in [6.07, 6.45) is 11.3. The van der Waals surface area contributed by atoms with E-state index in [-0.39, 0.29) is 0 Å². The van der Waals surface area contributed by atoms with Crippen LogP contribution < -0.4 is 5.32 Å². The summed E-state index contributed by atoms with van der Waals surface area (Å²) in [4.78, 5) is 2.40. The van der Waals surface area contributed by atoms with Gasteiger partial charge in [0.1, 0.15) is 0 Å². The average molecular weight is 238 g/mol. The highest BCUT2D eigenvalue weighted by atomic mass is 32.1. The van der Waals surface area contributed by atoms with Crippen molar-refractivity contribution in [2.45, 2.75) is 57.4 Å². The molecular weight excluding hydrogens is 216 g/mol. The molecule has 2 nitrogen and oxygen atoms in total. The molecule has 1 heterocycles. The molecule has 0 unspecified atom stereocenters. The van der Waals surface area contributed by atoms with Crippen molar-refractivity contribution in [2.75, 3.05) is 13.1 Å². The topological polar surface area (TPSA) is 15.3 Å². The number of rotatable bonds is 1. The third kappa shape index (κ3) is 2.20. The Labute approximate surface area is 104 Å². The average Bonchev–Trinajstić information content (AvgIpc) is 3.00. The van der Waals surface area contributed by atoms with Crippen LogP contribution in [0.25, 0.3) is 0 Å². The Balaban J connectivity index is 1.51. The van der Waals surface area contributed by atoms with Crippen molar-refractivity contribution in [1.29, 1.82) is 0 Å². The molecule has 1 spiro atoms. The highest BCUT2D eigenvalue weighted by Gasteiger charge is 2.37. The minimum atomic E-state index is 0.704. The normalized spacial score (nSPS) is 28.4. The molecule has 0 aromatic heterocycles. The molecule has 2 saturated carbocycles. The molecule has 1 saturated heterocycles. The molecule has 1 aliphatic heterocycles. The Morgan fingerprint density at radius 1 is 1.06 bits per heavy atom. The van der Waals surface area contributed by atoms with Crippen LogP contribution in [0.4, 0.5) is 0 Å². The summed E-state index contributed by atoms with van der Waals surface area (Å²) < 4.78 is 0. The molecule has 0 aromatic rings. The summed E-state index contributed by atoms with van der Waals surface area (Å²) in [5, 5.41) is 4.48. The molecule has 3 fully saturated rings. The van der Waals surface area contributed by atoms with E-state index in [4.69, 9.17) is 12.2 Å². The third-order valence-electron chi connectivity index (χ3n) is 4.68. The Kier molecular flexibility index (Phi) is 2.82. The van der Waals surface area contributed by atoms with E-state index in [1.165, 1.54) is 64.5 Å². The molecule has 0 aromatic carbocycles. The quantitative estimate of drug-likeness (QED) is 0.707. The van der Waals surface area contributed by atoms with Gasteiger partial charge in [-0.3, -0.25) is 0 Å². The molecule has 1 N–H and O–H groups in total.